The van der Waals surface area contributed by atoms with Gasteiger partial charge in [0.1, 0.15) is 5.75 Å². The van der Waals surface area contributed by atoms with Gasteiger partial charge in [-0.3, -0.25) is 0 Å². The van der Waals surface area contributed by atoms with Crippen LogP contribution in [-0.2, 0) is 4.79 Å². The number of esters is 1. The zero-order valence-electron chi connectivity index (χ0n) is 8.33. The number of ether oxygens (including phenoxy) is 1. The summed E-state index contributed by atoms with van der Waals surface area (Å²) in [5.74, 6) is 0.0525. The average molecular weight is 191 g/mol. The van der Waals surface area contributed by atoms with Crippen molar-refractivity contribution < 1.29 is 9.53 Å². The highest BCUT2D eigenvalue weighted by Gasteiger charge is 2.09. The number of hydrogen-bond acceptors (Lipinski definition) is 3. The van der Waals surface area contributed by atoms with Gasteiger partial charge in [-0.25, -0.2) is 4.79 Å². The van der Waals surface area contributed by atoms with Gasteiger partial charge in [-0.05, 0) is 25.5 Å². The van der Waals surface area contributed by atoms with Crippen LogP contribution in [0.5, 0.6) is 5.75 Å². The van der Waals surface area contributed by atoms with Crippen molar-refractivity contribution in [1.82, 2.24) is 0 Å². The molecule has 0 fully saturated rings. The van der Waals surface area contributed by atoms with Crippen molar-refractivity contribution in [2.75, 3.05) is 5.73 Å². The number of carbonyl (C=O) groups is 1. The first-order valence-electron chi connectivity index (χ1n) is 4.26. The van der Waals surface area contributed by atoms with Crippen LogP contribution in [0, 0.1) is 13.8 Å². The lowest BCUT2D eigenvalue weighted by molar-refractivity contribution is -0.129. The number of aryl methyl sites for hydroxylation is 1. The summed E-state index contributed by atoms with van der Waals surface area (Å²) in [4.78, 5) is 11.0. The topological polar surface area (TPSA) is 52.3 Å². The fraction of sp³-hybridized carbons (Fsp3) is 0.182. The second-order valence-corrected chi connectivity index (χ2v) is 3.05. The SMILES string of the molecule is C=CC(=O)Oc1c(C)ccc(N)c1C. The summed E-state index contributed by atoms with van der Waals surface area (Å²) in [7, 11) is 0. The Bertz CT molecular complexity index is 383. The van der Waals surface area contributed by atoms with Crippen molar-refractivity contribution in [3.63, 3.8) is 0 Å². The fourth-order valence-electron chi connectivity index (χ4n) is 1.14. The van der Waals surface area contributed by atoms with Crippen molar-refractivity contribution in [2.45, 2.75) is 13.8 Å². The van der Waals surface area contributed by atoms with E-state index in [0.29, 0.717) is 11.4 Å². The fourth-order valence-corrected chi connectivity index (χ4v) is 1.14. The summed E-state index contributed by atoms with van der Waals surface area (Å²) in [5.41, 5.74) is 7.96. The molecule has 0 heterocycles. The van der Waals surface area contributed by atoms with Crippen LogP contribution in [0.1, 0.15) is 11.1 Å². The van der Waals surface area contributed by atoms with Crippen LogP contribution in [0.4, 0.5) is 5.69 Å². The number of nitrogens with two attached hydrogens (primary N) is 1. The van der Waals surface area contributed by atoms with Crippen LogP contribution in [0.3, 0.4) is 0 Å². The Labute approximate surface area is 83.2 Å². The van der Waals surface area contributed by atoms with Crippen LogP contribution < -0.4 is 10.5 Å². The summed E-state index contributed by atoms with van der Waals surface area (Å²) in [5, 5.41) is 0. The molecule has 1 aromatic carbocycles. The van der Waals surface area contributed by atoms with E-state index < -0.39 is 5.97 Å². The Morgan fingerprint density at radius 2 is 2.14 bits per heavy atom. The molecule has 0 saturated carbocycles. The number of anilines is 1. The molecule has 3 heteroatoms. The number of carbonyl (C=O) groups excluding carboxylic acids is 1. The summed E-state index contributed by atoms with van der Waals surface area (Å²) >= 11 is 0. The third kappa shape index (κ3) is 1.93. The quantitative estimate of drug-likeness (QED) is 0.336. The smallest absolute Gasteiger partial charge is 0.335 e. The van der Waals surface area contributed by atoms with E-state index in [2.05, 4.69) is 6.58 Å². The molecule has 0 unspecified atom stereocenters. The molecule has 0 saturated heterocycles. The van der Waals surface area contributed by atoms with E-state index in [0.717, 1.165) is 17.2 Å². The number of nitrogen functional groups attached to an aromatic ring is 1. The minimum absolute atomic E-state index is 0.471. The molecular formula is C11H13NO2. The Hall–Kier alpha value is -1.77. The lowest BCUT2D eigenvalue weighted by Gasteiger charge is -2.10. The molecule has 0 aliphatic rings. The highest BCUT2D eigenvalue weighted by molar-refractivity contribution is 5.84. The molecule has 0 amide bonds. The first-order chi connectivity index (χ1) is 6.56. The van der Waals surface area contributed by atoms with Gasteiger partial charge in [0.05, 0.1) is 0 Å². The molecule has 0 spiro atoms. The van der Waals surface area contributed by atoms with E-state index in [-0.39, 0.29) is 0 Å². The van der Waals surface area contributed by atoms with Crippen molar-refractivity contribution in [2.24, 2.45) is 0 Å². The van der Waals surface area contributed by atoms with Gasteiger partial charge in [0.15, 0.2) is 0 Å². The number of benzene rings is 1. The van der Waals surface area contributed by atoms with Crippen LogP contribution in [0.15, 0.2) is 24.8 Å². The highest BCUT2D eigenvalue weighted by atomic mass is 16.5. The van der Waals surface area contributed by atoms with Crippen molar-refractivity contribution in [3.8, 4) is 5.75 Å². The maximum Gasteiger partial charge on any atom is 0.335 e. The van der Waals surface area contributed by atoms with Crippen LogP contribution in [0.2, 0.25) is 0 Å². The predicted molar refractivity (Wildman–Crippen MR) is 56.2 cm³/mol. The maximum absolute atomic E-state index is 11.0. The van der Waals surface area contributed by atoms with Gasteiger partial charge in [0, 0.05) is 17.3 Å². The van der Waals surface area contributed by atoms with Gasteiger partial charge in [-0.15, -0.1) is 0 Å². The van der Waals surface area contributed by atoms with Gasteiger partial charge in [0.2, 0.25) is 0 Å². The lowest BCUT2D eigenvalue weighted by atomic mass is 10.1. The third-order valence-corrected chi connectivity index (χ3v) is 2.01. The average Bonchev–Trinajstić information content (AvgIpc) is 2.18. The summed E-state index contributed by atoms with van der Waals surface area (Å²) < 4.78 is 5.07. The van der Waals surface area contributed by atoms with E-state index in [1.165, 1.54) is 0 Å². The minimum atomic E-state index is -0.471. The molecule has 0 aliphatic carbocycles. The largest absolute Gasteiger partial charge is 0.423 e. The second-order valence-electron chi connectivity index (χ2n) is 3.05. The van der Waals surface area contributed by atoms with Crippen LogP contribution in [-0.4, -0.2) is 5.97 Å². The Kier molecular flexibility index (Phi) is 2.92. The summed E-state index contributed by atoms with van der Waals surface area (Å²) in [6.07, 6.45) is 1.13. The Balaban J connectivity index is 3.12. The van der Waals surface area contributed by atoms with Crippen molar-refractivity contribution in [3.05, 3.63) is 35.9 Å². The maximum atomic E-state index is 11.0. The van der Waals surface area contributed by atoms with Gasteiger partial charge >= 0.3 is 5.97 Å². The number of rotatable bonds is 2. The monoisotopic (exact) mass is 191 g/mol. The molecular weight excluding hydrogens is 178 g/mol. The molecule has 1 aromatic rings. The standard InChI is InChI=1S/C11H13NO2/c1-4-10(13)14-11-7(2)5-6-9(12)8(11)3/h4-6H,1,12H2,2-3H3. The zero-order chi connectivity index (χ0) is 10.7. The third-order valence-electron chi connectivity index (χ3n) is 2.01. The van der Waals surface area contributed by atoms with Gasteiger partial charge in [-0.1, -0.05) is 12.6 Å². The molecule has 0 aromatic heterocycles. The molecule has 2 N–H and O–H groups in total. The molecule has 0 bridgehead atoms. The van der Waals surface area contributed by atoms with E-state index in [4.69, 9.17) is 10.5 Å². The van der Waals surface area contributed by atoms with E-state index >= 15 is 0 Å². The highest BCUT2D eigenvalue weighted by Crippen LogP contribution is 2.27. The molecule has 0 atom stereocenters. The van der Waals surface area contributed by atoms with E-state index in [1.807, 2.05) is 19.9 Å². The van der Waals surface area contributed by atoms with Gasteiger partial charge in [-0.2, -0.15) is 0 Å². The predicted octanol–water partition coefficient (Wildman–Crippen LogP) is 1.98. The molecule has 74 valence electrons. The summed E-state index contributed by atoms with van der Waals surface area (Å²) in [6.45, 7) is 7.01. The van der Waals surface area contributed by atoms with Gasteiger partial charge in [0.25, 0.3) is 0 Å². The van der Waals surface area contributed by atoms with Crippen molar-refractivity contribution in [1.29, 1.82) is 0 Å². The molecule has 1 rings (SSSR count). The Morgan fingerprint density at radius 1 is 1.50 bits per heavy atom. The summed E-state index contributed by atoms with van der Waals surface area (Å²) in [6, 6.07) is 3.60. The molecule has 3 nitrogen and oxygen atoms in total. The Morgan fingerprint density at radius 3 is 2.71 bits per heavy atom. The zero-order valence-corrected chi connectivity index (χ0v) is 8.33. The van der Waals surface area contributed by atoms with E-state index in [9.17, 15) is 4.79 Å². The molecule has 0 radical (unpaired) electrons. The van der Waals surface area contributed by atoms with Crippen LogP contribution >= 0.6 is 0 Å². The molecule has 14 heavy (non-hydrogen) atoms. The minimum Gasteiger partial charge on any atom is -0.423 e. The second kappa shape index (κ2) is 3.96. The first kappa shape index (κ1) is 10.3. The van der Waals surface area contributed by atoms with Crippen molar-refractivity contribution >= 4 is 11.7 Å². The van der Waals surface area contributed by atoms with E-state index in [1.54, 1.807) is 6.07 Å². The lowest BCUT2D eigenvalue weighted by Crippen LogP contribution is -2.06. The normalized spacial score (nSPS) is 9.57. The number of hydrogen-bond donors (Lipinski definition) is 1. The first-order valence-corrected chi connectivity index (χ1v) is 4.26. The van der Waals surface area contributed by atoms with Gasteiger partial charge < -0.3 is 10.5 Å². The molecule has 0 aliphatic heterocycles. The van der Waals surface area contributed by atoms with Crippen LogP contribution in [0.25, 0.3) is 0 Å².